The number of aromatic nitrogens is 1. The smallest absolute Gasteiger partial charge is 0.337 e. The predicted octanol–water partition coefficient (Wildman–Crippen LogP) is 0.988. The fraction of sp³-hybridized carbons (Fsp3) is 0.615. The van der Waals surface area contributed by atoms with E-state index >= 15 is 0 Å². The van der Waals surface area contributed by atoms with E-state index in [2.05, 4.69) is 15.6 Å². The second-order valence-electron chi connectivity index (χ2n) is 10.1. The molecule has 0 spiro atoms. The second-order valence-corrected chi connectivity index (χ2v) is 11.4. The van der Waals surface area contributed by atoms with Crippen LogP contribution >= 0.6 is 11.8 Å². The molecule has 4 atom stereocenters. The molecule has 0 bridgehead atoms. The molecule has 224 valence electrons. The summed E-state index contributed by atoms with van der Waals surface area (Å²) in [4.78, 5) is 56.8. The van der Waals surface area contributed by atoms with Gasteiger partial charge in [-0.1, -0.05) is 20.3 Å². The molecular formula is C26H39N3O10S. The standard InChI is InChI=1S/C11H17NO3S.C9H17NO5.C6H5NO2/c13-9-5-7-6-16-8(11(7)12-9)3-1-2-4-10(14)15;1-9(2,5-11)7(14)8(15)10-4-3-6(12)13;8-6(9)5-2-1-3-7-4-5/h7-8,11H,1-6H2,(H,12,13)(H,14,15);7,11,14H,3-5H2,1-2H3,(H,10,15)(H,12,13);1-4H,(H,8,9). The minimum atomic E-state index is -1.35. The zero-order chi connectivity index (χ0) is 30.3. The van der Waals surface area contributed by atoms with Gasteiger partial charge in [-0.05, 0) is 36.6 Å². The lowest BCUT2D eigenvalue weighted by Gasteiger charge is -2.26. The van der Waals surface area contributed by atoms with E-state index in [4.69, 9.17) is 20.4 Å². The highest BCUT2D eigenvalue weighted by molar-refractivity contribution is 8.00. The summed E-state index contributed by atoms with van der Waals surface area (Å²) in [6, 6.07) is 3.43. The SMILES string of the molecule is CC(C)(CO)C(O)C(=O)NCCC(=O)O.O=C(O)CCCCC1SCC2CC(=O)NC21.O=C(O)c1cccnc1. The van der Waals surface area contributed by atoms with Crippen LogP contribution in [0, 0.1) is 11.3 Å². The zero-order valence-electron chi connectivity index (χ0n) is 22.6. The number of carbonyl (C=O) groups excluding carboxylic acids is 2. The van der Waals surface area contributed by atoms with Crippen molar-refractivity contribution in [2.75, 3.05) is 18.9 Å². The van der Waals surface area contributed by atoms with E-state index in [-0.39, 0.29) is 37.5 Å². The molecule has 2 aliphatic heterocycles. The highest BCUT2D eigenvalue weighted by atomic mass is 32.2. The van der Waals surface area contributed by atoms with E-state index in [9.17, 15) is 29.1 Å². The van der Waals surface area contributed by atoms with Gasteiger partial charge >= 0.3 is 17.9 Å². The lowest BCUT2D eigenvalue weighted by molar-refractivity contribution is -0.139. The number of aliphatic carboxylic acids is 2. The van der Waals surface area contributed by atoms with E-state index in [1.165, 1.54) is 32.3 Å². The van der Waals surface area contributed by atoms with Gasteiger partial charge in [0.05, 0.1) is 18.6 Å². The molecule has 2 fully saturated rings. The van der Waals surface area contributed by atoms with Gasteiger partial charge in [0.1, 0.15) is 6.10 Å². The minimum Gasteiger partial charge on any atom is -0.481 e. The number of hydrogen-bond acceptors (Lipinski definition) is 9. The molecule has 0 radical (unpaired) electrons. The van der Waals surface area contributed by atoms with Crippen molar-refractivity contribution in [1.29, 1.82) is 0 Å². The topological polar surface area (TPSA) is 223 Å². The first kappa shape index (κ1) is 34.8. The first-order chi connectivity index (χ1) is 18.8. The molecule has 0 aliphatic carbocycles. The summed E-state index contributed by atoms with van der Waals surface area (Å²) in [7, 11) is 0. The van der Waals surface area contributed by atoms with Crippen LogP contribution in [0.25, 0.3) is 0 Å². The summed E-state index contributed by atoms with van der Waals surface area (Å²) in [5.41, 5.74) is -0.717. The average Bonchev–Trinajstić information content (AvgIpc) is 3.46. The molecule has 7 N–H and O–H groups in total. The van der Waals surface area contributed by atoms with Crippen LogP contribution in [0.15, 0.2) is 24.5 Å². The van der Waals surface area contributed by atoms with Crippen LogP contribution in [0.5, 0.6) is 0 Å². The van der Waals surface area contributed by atoms with Crippen molar-refractivity contribution in [3.05, 3.63) is 30.1 Å². The molecule has 1 aromatic heterocycles. The fourth-order valence-electron chi connectivity index (χ4n) is 3.84. The molecule has 0 saturated carbocycles. The number of fused-ring (bicyclic) bond motifs is 1. The van der Waals surface area contributed by atoms with Gasteiger partial charge in [-0.15, -0.1) is 0 Å². The number of thioether (sulfide) groups is 1. The summed E-state index contributed by atoms with van der Waals surface area (Å²) in [6.45, 7) is 2.70. The van der Waals surface area contributed by atoms with Crippen molar-refractivity contribution in [3.63, 3.8) is 0 Å². The van der Waals surface area contributed by atoms with E-state index in [1.54, 1.807) is 6.07 Å². The molecule has 14 heteroatoms. The Morgan fingerprint density at radius 3 is 2.35 bits per heavy atom. The monoisotopic (exact) mass is 585 g/mol. The number of unbranched alkanes of at least 4 members (excludes halogenated alkanes) is 1. The van der Waals surface area contributed by atoms with E-state index in [0.29, 0.717) is 23.6 Å². The van der Waals surface area contributed by atoms with Crippen LogP contribution in [0.2, 0.25) is 0 Å². The van der Waals surface area contributed by atoms with Gasteiger partial charge < -0.3 is 36.2 Å². The number of nitrogens with zero attached hydrogens (tertiary/aromatic N) is 1. The summed E-state index contributed by atoms with van der Waals surface area (Å²) >= 11 is 1.93. The van der Waals surface area contributed by atoms with Crippen molar-refractivity contribution >= 4 is 41.5 Å². The van der Waals surface area contributed by atoms with Gasteiger partial charge in [-0.3, -0.25) is 24.2 Å². The largest absolute Gasteiger partial charge is 0.481 e. The Morgan fingerprint density at radius 1 is 1.15 bits per heavy atom. The summed E-state index contributed by atoms with van der Waals surface area (Å²) in [6.07, 6.45) is 4.96. The van der Waals surface area contributed by atoms with Gasteiger partial charge in [-0.25, -0.2) is 4.79 Å². The van der Waals surface area contributed by atoms with E-state index in [0.717, 1.165) is 25.0 Å². The number of rotatable bonds is 12. The zero-order valence-corrected chi connectivity index (χ0v) is 23.4. The highest BCUT2D eigenvalue weighted by Gasteiger charge is 2.42. The maximum atomic E-state index is 11.3. The summed E-state index contributed by atoms with van der Waals surface area (Å²) in [5.74, 6) is -1.57. The van der Waals surface area contributed by atoms with Crippen molar-refractivity contribution in [1.82, 2.24) is 15.6 Å². The summed E-state index contributed by atoms with van der Waals surface area (Å²) < 4.78 is 0. The van der Waals surface area contributed by atoms with Crippen molar-refractivity contribution in [2.24, 2.45) is 11.3 Å². The number of hydrogen-bond donors (Lipinski definition) is 7. The molecule has 3 heterocycles. The molecule has 4 unspecified atom stereocenters. The predicted molar refractivity (Wildman–Crippen MR) is 146 cm³/mol. The lowest BCUT2D eigenvalue weighted by Crippen LogP contribution is -2.45. The number of amides is 2. The number of carboxylic acid groups (broad SMARTS) is 3. The Labute approximate surface area is 236 Å². The Morgan fingerprint density at radius 2 is 1.82 bits per heavy atom. The molecule has 40 heavy (non-hydrogen) atoms. The highest BCUT2D eigenvalue weighted by Crippen LogP contribution is 2.39. The van der Waals surface area contributed by atoms with Crippen LogP contribution in [0.4, 0.5) is 0 Å². The fourth-order valence-corrected chi connectivity index (χ4v) is 5.49. The Bertz CT molecular complexity index is 992. The molecular weight excluding hydrogens is 546 g/mol. The van der Waals surface area contributed by atoms with Crippen LogP contribution < -0.4 is 10.6 Å². The van der Waals surface area contributed by atoms with Gasteiger partial charge in [-0.2, -0.15) is 11.8 Å². The first-order valence-corrected chi connectivity index (χ1v) is 13.9. The van der Waals surface area contributed by atoms with Crippen molar-refractivity contribution in [2.45, 2.75) is 69.8 Å². The van der Waals surface area contributed by atoms with Gasteiger partial charge in [0.25, 0.3) is 0 Å². The number of pyridine rings is 1. The van der Waals surface area contributed by atoms with Crippen molar-refractivity contribution in [3.8, 4) is 0 Å². The van der Waals surface area contributed by atoms with Gasteiger partial charge in [0, 0.05) is 48.5 Å². The Balaban J connectivity index is 0.000000312. The third-order valence-electron chi connectivity index (χ3n) is 6.28. The van der Waals surface area contributed by atoms with Gasteiger partial charge in [0.2, 0.25) is 11.8 Å². The third-order valence-corrected chi connectivity index (χ3v) is 7.86. The number of aliphatic hydroxyl groups is 2. The minimum absolute atomic E-state index is 0.0350. The number of nitrogens with one attached hydrogen (secondary N) is 2. The molecule has 0 aromatic carbocycles. The van der Waals surface area contributed by atoms with E-state index in [1.807, 2.05) is 11.8 Å². The van der Waals surface area contributed by atoms with E-state index < -0.39 is 35.3 Å². The molecule has 1 aromatic rings. The maximum Gasteiger partial charge on any atom is 0.337 e. The number of carboxylic acids is 3. The molecule has 2 saturated heterocycles. The Kier molecular flexibility index (Phi) is 15.2. The summed E-state index contributed by atoms with van der Waals surface area (Å²) in [5, 5.41) is 49.4. The molecule has 2 amide bonds. The van der Waals surface area contributed by atoms with Crippen LogP contribution in [-0.4, -0.2) is 96.5 Å². The number of aromatic carboxylic acids is 1. The number of aliphatic hydroxyl groups excluding tert-OH is 2. The lowest BCUT2D eigenvalue weighted by atomic mass is 9.87. The van der Waals surface area contributed by atoms with Crippen LogP contribution in [0.1, 0.15) is 62.7 Å². The van der Waals surface area contributed by atoms with Crippen molar-refractivity contribution < 1.29 is 49.5 Å². The van der Waals surface area contributed by atoms with Crippen LogP contribution in [0.3, 0.4) is 0 Å². The van der Waals surface area contributed by atoms with Crippen LogP contribution in [-0.2, 0) is 19.2 Å². The number of carbonyl (C=O) groups is 5. The average molecular weight is 586 g/mol. The molecule has 2 aliphatic rings. The molecule has 13 nitrogen and oxygen atoms in total. The Hall–Kier alpha value is -3.23. The maximum absolute atomic E-state index is 11.3. The molecule has 3 rings (SSSR count). The first-order valence-electron chi connectivity index (χ1n) is 12.8. The quantitative estimate of drug-likeness (QED) is 0.171. The third kappa shape index (κ3) is 12.7. The van der Waals surface area contributed by atoms with Gasteiger partial charge in [0.15, 0.2) is 0 Å². The normalized spacial score (nSPS) is 20.0. The second kappa shape index (κ2) is 17.5.